The van der Waals surface area contributed by atoms with Gasteiger partial charge < -0.3 is 20.6 Å². The van der Waals surface area contributed by atoms with Gasteiger partial charge >= 0.3 is 6.03 Å². The maximum atomic E-state index is 13.6. The molecule has 0 saturated carbocycles. The van der Waals surface area contributed by atoms with Crippen molar-refractivity contribution in [3.63, 3.8) is 0 Å². The van der Waals surface area contributed by atoms with E-state index in [2.05, 4.69) is 20.5 Å². The van der Waals surface area contributed by atoms with E-state index in [-0.39, 0.29) is 12.1 Å². The monoisotopic (exact) mass is 344 g/mol. The first-order chi connectivity index (χ1) is 12.1. The van der Waals surface area contributed by atoms with Crippen LogP contribution in [-0.2, 0) is 0 Å². The molecule has 1 fully saturated rings. The fourth-order valence-corrected chi connectivity index (χ4v) is 2.89. The Labute approximate surface area is 145 Å². The lowest BCUT2D eigenvalue weighted by Crippen LogP contribution is -2.33. The Morgan fingerprint density at radius 2 is 2.00 bits per heavy atom. The van der Waals surface area contributed by atoms with Crippen molar-refractivity contribution >= 4 is 17.5 Å². The average Bonchev–Trinajstić information content (AvgIpc) is 3.15. The molecular formula is C18H21FN4O2. The topological polar surface area (TPSA) is 77.5 Å². The van der Waals surface area contributed by atoms with E-state index in [1.807, 2.05) is 0 Å². The fraction of sp³-hybridized carbons (Fsp3) is 0.333. The summed E-state index contributed by atoms with van der Waals surface area (Å²) in [6.07, 6.45) is 2.80. The van der Waals surface area contributed by atoms with Crippen LogP contribution in [-0.4, -0.2) is 35.8 Å². The largest absolute Gasteiger partial charge is 0.386 e. The van der Waals surface area contributed by atoms with Crippen molar-refractivity contribution in [2.24, 2.45) is 0 Å². The third-order valence-corrected chi connectivity index (χ3v) is 4.16. The summed E-state index contributed by atoms with van der Waals surface area (Å²) >= 11 is 0. The van der Waals surface area contributed by atoms with Crippen molar-refractivity contribution in [1.82, 2.24) is 10.3 Å². The summed E-state index contributed by atoms with van der Waals surface area (Å²) in [6.45, 7) is 1.74. The number of benzene rings is 1. The highest BCUT2D eigenvalue weighted by atomic mass is 19.1. The van der Waals surface area contributed by atoms with Gasteiger partial charge in [0.25, 0.3) is 0 Å². The van der Waals surface area contributed by atoms with E-state index in [4.69, 9.17) is 0 Å². The zero-order valence-electron chi connectivity index (χ0n) is 13.8. The lowest BCUT2D eigenvalue weighted by molar-refractivity contribution is 0.170. The molecule has 1 aliphatic rings. The van der Waals surface area contributed by atoms with Crippen molar-refractivity contribution in [3.05, 3.63) is 54.0 Å². The molecule has 0 spiro atoms. The number of nitrogens with one attached hydrogen (secondary N) is 2. The maximum Gasteiger partial charge on any atom is 0.319 e. The summed E-state index contributed by atoms with van der Waals surface area (Å²) in [4.78, 5) is 18.6. The molecule has 2 heterocycles. The van der Waals surface area contributed by atoms with Crippen LogP contribution in [0.1, 0.15) is 24.5 Å². The van der Waals surface area contributed by atoms with Crippen LogP contribution in [0.25, 0.3) is 0 Å². The first-order valence-electron chi connectivity index (χ1n) is 8.32. The van der Waals surface area contributed by atoms with Crippen LogP contribution in [0, 0.1) is 5.82 Å². The number of pyridine rings is 1. The van der Waals surface area contributed by atoms with Gasteiger partial charge in [-0.2, -0.15) is 0 Å². The van der Waals surface area contributed by atoms with Crippen molar-refractivity contribution in [1.29, 1.82) is 0 Å². The van der Waals surface area contributed by atoms with Gasteiger partial charge in [-0.3, -0.25) is 0 Å². The minimum Gasteiger partial charge on any atom is -0.386 e. The molecule has 1 aliphatic heterocycles. The zero-order chi connectivity index (χ0) is 17.6. The predicted molar refractivity (Wildman–Crippen MR) is 94.1 cm³/mol. The summed E-state index contributed by atoms with van der Waals surface area (Å²) in [5, 5.41) is 15.4. The minimum absolute atomic E-state index is 0.0912. The lowest BCUT2D eigenvalue weighted by Gasteiger charge is -2.20. The molecule has 0 unspecified atom stereocenters. The first kappa shape index (κ1) is 17.2. The number of carbonyl (C=O) groups is 1. The number of amides is 2. The Morgan fingerprint density at radius 1 is 1.24 bits per heavy atom. The van der Waals surface area contributed by atoms with Gasteiger partial charge in [0.1, 0.15) is 5.82 Å². The first-order valence-corrected chi connectivity index (χ1v) is 8.32. The Balaban J connectivity index is 1.59. The second kappa shape index (κ2) is 7.94. The number of halogens is 1. The third kappa shape index (κ3) is 4.24. The molecule has 1 aromatic carbocycles. The average molecular weight is 344 g/mol. The van der Waals surface area contributed by atoms with Crippen LogP contribution in [0.15, 0.2) is 42.6 Å². The van der Waals surface area contributed by atoms with Gasteiger partial charge in [0.2, 0.25) is 0 Å². The van der Waals surface area contributed by atoms with E-state index >= 15 is 0 Å². The molecule has 0 bridgehead atoms. The SMILES string of the molecule is O=C(NC[C@@H](O)c1ccccc1F)Nc1cccnc1N1CCCC1. The van der Waals surface area contributed by atoms with Gasteiger partial charge in [0.05, 0.1) is 11.8 Å². The molecule has 3 rings (SSSR count). The van der Waals surface area contributed by atoms with Gasteiger partial charge in [-0.15, -0.1) is 0 Å². The molecule has 2 amide bonds. The highest BCUT2D eigenvalue weighted by Crippen LogP contribution is 2.26. The van der Waals surface area contributed by atoms with Crippen molar-refractivity contribution in [3.8, 4) is 0 Å². The number of hydrogen-bond donors (Lipinski definition) is 3. The Bertz CT molecular complexity index is 735. The van der Waals surface area contributed by atoms with E-state index in [1.54, 1.807) is 30.5 Å². The van der Waals surface area contributed by atoms with Crippen LogP contribution in [0.2, 0.25) is 0 Å². The zero-order valence-corrected chi connectivity index (χ0v) is 13.8. The van der Waals surface area contributed by atoms with Gasteiger partial charge in [-0.1, -0.05) is 18.2 Å². The second-order valence-corrected chi connectivity index (χ2v) is 5.94. The Kier molecular flexibility index (Phi) is 5.45. The van der Waals surface area contributed by atoms with E-state index in [0.29, 0.717) is 5.69 Å². The van der Waals surface area contributed by atoms with Crippen LogP contribution in [0.4, 0.5) is 20.7 Å². The van der Waals surface area contributed by atoms with Crippen LogP contribution >= 0.6 is 0 Å². The van der Waals surface area contributed by atoms with Crippen LogP contribution < -0.4 is 15.5 Å². The van der Waals surface area contributed by atoms with Gasteiger partial charge in [0.15, 0.2) is 5.82 Å². The van der Waals surface area contributed by atoms with E-state index in [0.717, 1.165) is 31.7 Å². The number of aliphatic hydroxyl groups excluding tert-OH is 1. The predicted octanol–water partition coefficient (Wildman–Crippen LogP) is 2.68. The number of anilines is 2. The summed E-state index contributed by atoms with van der Waals surface area (Å²) in [7, 11) is 0. The van der Waals surface area contributed by atoms with Crippen molar-refractivity contribution in [2.75, 3.05) is 29.9 Å². The molecule has 25 heavy (non-hydrogen) atoms. The van der Waals surface area contributed by atoms with Crippen molar-refractivity contribution in [2.45, 2.75) is 18.9 Å². The summed E-state index contributed by atoms with van der Waals surface area (Å²) in [5.74, 6) is 0.241. The number of rotatable bonds is 5. The van der Waals surface area contributed by atoms with Crippen LogP contribution in [0.5, 0.6) is 0 Å². The van der Waals surface area contributed by atoms with Crippen molar-refractivity contribution < 1.29 is 14.3 Å². The molecule has 0 radical (unpaired) electrons. The number of hydrogen-bond acceptors (Lipinski definition) is 4. The number of aliphatic hydroxyl groups is 1. The highest BCUT2D eigenvalue weighted by molar-refractivity contribution is 5.92. The Morgan fingerprint density at radius 3 is 2.76 bits per heavy atom. The number of aromatic nitrogens is 1. The molecular weight excluding hydrogens is 323 g/mol. The van der Waals surface area contributed by atoms with Gasteiger partial charge in [-0.25, -0.2) is 14.2 Å². The van der Waals surface area contributed by atoms with Gasteiger partial charge in [-0.05, 0) is 31.0 Å². The van der Waals surface area contributed by atoms with E-state index in [1.165, 1.54) is 12.1 Å². The lowest BCUT2D eigenvalue weighted by atomic mass is 10.1. The Hall–Kier alpha value is -2.67. The number of urea groups is 1. The normalized spacial score (nSPS) is 15.0. The number of nitrogens with zero attached hydrogens (tertiary/aromatic N) is 2. The molecule has 1 atom stereocenters. The summed E-state index contributed by atoms with van der Waals surface area (Å²) < 4.78 is 13.6. The molecule has 3 N–H and O–H groups in total. The maximum absolute atomic E-state index is 13.6. The molecule has 2 aromatic rings. The smallest absolute Gasteiger partial charge is 0.319 e. The van der Waals surface area contributed by atoms with Crippen LogP contribution in [0.3, 0.4) is 0 Å². The summed E-state index contributed by atoms with van der Waals surface area (Å²) in [5.41, 5.74) is 0.768. The quantitative estimate of drug-likeness (QED) is 0.779. The summed E-state index contributed by atoms with van der Waals surface area (Å²) in [6, 6.07) is 9.02. The minimum atomic E-state index is -1.11. The number of carbonyl (C=O) groups excluding carboxylic acids is 1. The standard InChI is InChI=1S/C18H21FN4O2/c19-14-7-2-1-6-13(14)16(24)12-21-18(25)22-15-8-5-9-20-17(15)23-10-3-4-11-23/h1-2,5-9,16,24H,3-4,10-12H2,(H2,21,22,25)/t16-/m1/s1. The molecule has 132 valence electrons. The van der Waals surface area contributed by atoms with E-state index in [9.17, 15) is 14.3 Å². The van der Waals surface area contributed by atoms with E-state index < -0.39 is 18.0 Å². The molecule has 7 heteroatoms. The highest BCUT2D eigenvalue weighted by Gasteiger charge is 2.18. The molecule has 0 aliphatic carbocycles. The third-order valence-electron chi connectivity index (χ3n) is 4.16. The van der Waals surface area contributed by atoms with Gasteiger partial charge in [0, 0.05) is 31.4 Å². The molecule has 1 aromatic heterocycles. The second-order valence-electron chi connectivity index (χ2n) is 5.94. The fourth-order valence-electron chi connectivity index (χ4n) is 2.89. The molecule has 6 nitrogen and oxygen atoms in total. The molecule has 1 saturated heterocycles.